The fraction of sp³-hybridized carbons (Fsp3) is 0.286. The number of pyridine rings is 1. The molecule has 0 aliphatic carbocycles. The van der Waals surface area contributed by atoms with Crippen LogP contribution in [0.1, 0.15) is 17.7 Å². The topological polar surface area (TPSA) is 12.9 Å². The molecule has 1 heterocycles. The Hall–Kier alpha value is 0.510. The normalized spacial score (nSPS) is 10.9. The Bertz CT molecular complexity index is 298. The fourth-order valence-corrected chi connectivity index (χ4v) is 2.77. The van der Waals surface area contributed by atoms with Gasteiger partial charge in [0.2, 0.25) is 0 Å². The van der Waals surface area contributed by atoms with Crippen LogP contribution >= 0.6 is 50.1 Å². The summed E-state index contributed by atoms with van der Waals surface area (Å²) in [5, 5.41) is 0. The van der Waals surface area contributed by atoms with E-state index in [0.717, 1.165) is 0 Å². The third-order valence-corrected chi connectivity index (χ3v) is 3.12. The molecule has 0 amide bonds. The Morgan fingerprint density at radius 1 is 1.62 bits per heavy atom. The third-order valence-electron chi connectivity index (χ3n) is 1.37. The van der Waals surface area contributed by atoms with Crippen molar-refractivity contribution in [2.24, 2.45) is 0 Å². The van der Waals surface area contributed by atoms with Crippen molar-refractivity contribution in [2.45, 2.75) is 12.3 Å². The molecule has 0 bridgehead atoms. The molecule has 0 aliphatic heterocycles. The summed E-state index contributed by atoms with van der Waals surface area (Å²) >= 11 is 10.4. The lowest BCUT2D eigenvalue weighted by Crippen LogP contribution is -1.98. The maximum Gasteiger partial charge on any atom is 0.267 e. The van der Waals surface area contributed by atoms with Gasteiger partial charge < -0.3 is 0 Å². The predicted octanol–water partition coefficient (Wildman–Crippen LogP) is 4.13. The van der Waals surface area contributed by atoms with Gasteiger partial charge in [-0.2, -0.15) is 0 Å². The van der Waals surface area contributed by atoms with E-state index in [2.05, 4.69) is 20.9 Å². The van der Waals surface area contributed by atoms with Crippen molar-refractivity contribution in [3.05, 3.63) is 25.5 Å². The van der Waals surface area contributed by atoms with Crippen molar-refractivity contribution in [1.29, 1.82) is 0 Å². The number of rotatable bonds is 2. The van der Waals surface area contributed by atoms with Crippen LogP contribution in [0.5, 0.6) is 0 Å². The average Bonchev–Trinajstić information content (AvgIpc) is 2.02. The highest BCUT2D eigenvalue weighted by atomic mass is 127. The molecule has 1 nitrogen and oxygen atoms in total. The molecule has 0 N–H and O–H groups in total. The van der Waals surface area contributed by atoms with Gasteiger partial charge in [0.15, 0.2) is 0 Å². The Morgan fingerprint density at radius 2 is 2.23 bits per heavy atom. The summed E-state index contributed by atoms with van der Waals surface area (Å²) in [6.07, 6.45) is -2.52. The van der Waals surface area contributed by atoms with Crippen LogP contribution in [0, 0.1) is 3.70 Å². The van der Waals surface area contributed by atoms with Crippen LogP contribution in [-0.2, 0) is 5.88 Å². The summed E-state index contributed by atoms with van der Waals surface area (Å²) in [4.78, 5) is 3.92. The van der Waals surface area contributed by atoms with Gasteiger partial charge in [0, 0.05) is 4.47 Å². The minimum atomic E-state index is -2.52. The second-order valence-electron chi connectivity index (χ2n) is 2.23. The molecular weight excluding hydrogens is 378 g/mol. The summed E-state index contributed by atoms with van der Waals surface area (Å²) in [7, 11) is 0. The van der Waals surface area contributed by atoms with E-state index in [1.54, 1.807) is 22.6 Å². The van der Waals surface area contributed by atoms with Gasteiger partial charge in [0.1, 0.15) is 3.70 Å². The minimum absolute atomic E-state index is 0.0746. The highest BCUT2D eigenvalue weighted by Crippen LogP contribution is 2.31. The monoisotopic (exact) mass is 381 g/mol. The number of halogens is 5. The zero-order valence-corrected chi connectivity index (χ0v) is 10.7. The molecule has 0 unspecified atom stereocenters. The first-order valence-corrected chi connectivity index (χ1v) is 5.65. The van der Waals surface area contributed by atoms with Crippen LogP contribution in [0.2, 0.25) is 0 Å². The average molecular weight is 382 g/mol. The largest absolute Gasteiger partial charge is 0.267 e. The van der Waals surface area contributed by atoms with E-state index in [-0.39, 0.29) is 15.1 Å². The third kappa shape index (κ3) is 2.73. The molecule has 0 saturated heterocycles. The molecule has 1 rings (SSSR count). The van der Waals surface area contributed by atoms with E-state index in [9.17, 15) is 8.78 Å². The van der Waals surface area contributed by atoms with Gasteiger partial charge in [-0.05, 0) is 28.7 Å². The summed E-state index contributed by atoms with van der Waals surface area (Å²) in [6, 6.07) is 1.51. The van der Waals surface area contributed by atoms with Crippen molar-refractivity contribution < 1.29 is 8.78 Å². The van der Waals surface area contributed by atoms with E-state index in [4.69, 9.17) is 11.6 Å². The van der Waals surface area contributed by atoms with Gasteiger partial charge in [0.05, 0.1) is 17.1 Å². The van der Waals surface area contributed by atoms with Gasteiger partial charge >= 0.3 is 0 Å². The second-order valence-corrected chi connectivity index (χ2v) is 4.38. The zero-order valence-electron chi connectivity index (χ0n) is 6.20. The SMILES string of the molecule is FC(F)c1c(Br)cc(CCl)nc1I. The van der Waals surface area contributed by atoms with Gasteiger partial charge in [-0.25, -0.2) is 13.8 Å². The number of alkyl halides is 3. The lowest BCUT2D eigenvalue weighted by molar-refractivity contribution is 0.149. The first kappa shape index (κ1) is 11.6. The molecule has 0 fully saturated rings. The molecule has 1 aromatic heterocycles. The maximum atomic E-state index is 12.4. The highest BCUT2D eigenvalue weighted by molar-refractivity contribution is 14.1. The first-order valence-electron chi connectivity index (χ1n) is 3.25. The van der Waals surface area contributed by atoms with Crippen molar-refractivity contribution in [3.8, 4) is 0 Å². The Balaban J connectivity index is 3.23. The fourth-order valence-electron chi connectivity index (χ4n) is 0.804. The number of nitrogens with zero attached hydrogens (tertiary/aromatic N) is 1. The molecule has 0 atom stereocenters. The van der Waals surface area contributed by atoms with Crippen LogP contribution in [0.4, 0.5) is 8.78 Å². The van der Waals surface area contributed by atoms with Crippen LogP contribution in [-0.4, -0.2) is 4.98 Å². The molecule has 1 aromatic rings. The number of hydrogen-bond donors (Lipinski definition) is 0. The van der Waals surface area contributed by atoms with E-state index in [1.807, 2.05) is 0 Å². The van der Waals surface area contributed by atoms with E-state index < -0.39 is 6.43 Å². The quantitative estimate of drug-likeness (QED) is 0.426. The van der Waals surface area contributed by atoms with Crippen molar-refractivity contribution >= 4 is 50.1 Å². The summed E-state index contributed by atoms with van der Waals surface area (Å²) in [5.74, 6) is 0.220. The Kier molecular flexibility index (Phi) is 4.31. The maximum absolute atomic E-state index is 12.4. The Morgan fingerprint density at radius 3 is 2.62 bits per heavy atom. The second kappa shape index (κ2) is 4.84. The first-order chi connectivity index (χ1) is 6.06. The van der Waals surface area contributed by atoms with Crippen molar-refractivity contribution in [1.82, 2.24) is 4.98 Å². The lowest BCUT2D eigenvalue weighted by Gasteiger charge is -2.06. The number of hydrogen-bond acceptors (Lipinski definition) is 1. The number of aromatic nitrogens is 1. The highest BCUT2D eigenvalue weighted by Gasteiger charge is 2.17. The van der Waals surface area contributed by atoms with Gasteiger partial charge in [-0.1, -0.05) is 15.9 Å². The van der Waals surface area contributed by atoms with E-state index in [0.29, 0.717) is 10.2 Å². The molecule has 0 aliphatic rings. The minimum Gasteiger partial charge on any atom is -0.245 e. The molecule has 0 aromatic carbocycles. The van der Waals surface area contributed by atoms with E-state index >= 15 is 0 Å². The van der Waals surface area contributed by atoms with Crippen LogP contribution < -0.4 is 0 Å². The zero-order chi connectivity index (χ0) is 10.0. The molecule has 0 radical (unpaired) electrons. The molecular formula is C7H4BrClF2IN. The predicted molar refractivity (Wildman–Crippen MR) is 59.2 cm³/mol. The lowest BCUT2D eigenvalue weighted by atomic mass is 10.2. The molecule has 13 heavy (non-hydrogen) atoms. The summed E-state index contributed by atoms with van der Waals surface area (Å²) in [6.45, 7) is 0. The van der Waals surface area contributed by atoms with Crippen molar-refractivity contribution in [2.75, 3.05) is 0 Å². The molecule has 6 heteroatoms. The van der Waals surface area contributed by atoms with E-state index in [1.165, 1.54) is 6.07 Å². The van der Waals surface area contributed by atoms with Gasteiger partial charge in [-0.15, -0.1) is 11.6 Å². The molecule has 0 spiro atoms. The van der Waals surface area contributed by atoms with Crippen LogP contribution in [0.25, 0.3) is 0 Å². The van der Waals surface area contributed by atoms with Gasteiger partial charge in [0.25, 0.3) is 6.43 Å². The van der Waals surface area contributed by atoms with Crippen molar-refractivity contribution in [3.63, 3.8) is 0 Å². The molecule has 0 saturated carbocycles. The standard InChI is InChI=1S/C7H4BrClF2IN/c8-4-1-3(2-9)13-7(12)5(4)6(10)11/h1,6H,2H2. The smallest absolute Gasteiger partial charge is 0.245 e. The molecule has 72 valence electrons. The van der Waals surface area contributed by atoms with Gasteiger partial charge in [-0.3, -0.25) is 0 Å². The van der Waals surface area contributed by atoms with Crippen LogP contribution in [0.15, 0.2) is 10.5 Å². The Labute approximate surface area is 101 Å². The summed E-state index contributed by atoms with van der Waals surface area (Å²) < 4.78 is 25.5. The van der Waals surface area contributed by atoms with Crippen LogP contribution in [0.3, 0.4) is 0 Å². The summed E-state index contributed by atoms with van der Waals surface area (Å²) in [5.41, 5.74) is 0.511.